The summed E-state index contributed by atoms with van der Waals surface area (Å²) in [4.78, 5) is 2.37. The largest absolute Gasteiger partial charge is 0.365 e. The summed E-state index contributed by atoms with van der Waals surface area (Å²) in [5, 5.41) is 4.28. The highest BCUT2D eigenvalue weighted by molar-refractivity contribution is 9.10. The molecule has 0 amide bonds. The summed E-state index contributed by atoms with van der Waals surface area (Å²) in [6.45, 7) is 6.43. The lowest BCUT2D eigenvalue weighted by Crippen LogP contribution is -2.54. The third-order valence-corrected chi connectivity index (χ3v) is 3.78. The van der Waals surface area contributed by atoms with Crippen molar-refractivity contribution in [3.05, 3.63) is 27.7 Å². The van der Waals surface area contributed by atoms with Gasteiger partial charge in [-0.25, -0.2) is 0 Å². The molecule has 0 bridgehead atoms. The number of nitrogens with zero attached hydrogens (tertiary/aromatic N) is 1. The van der Waals surface area contributed by atoms with E-state index in [0.29, 0.717) is 12.1 Å². The molecule has 1 aliphatic rings. The third-order valence-electron chi connectivity index (χ3n) is 2.98. The predicted octanol–water partition coefficient (Wildman–Crippen LogP) is 3.29. The van der Waals surface area contributed by atoms with Crippen molar-refractivity contribution in [3.8, 4) is 0 Å². The number of halogens is 2. The number of hydrogen-bond acceptors (Lipinski definition) is 2. The molecule has 0 aromatic heterocycles. The van der Waals surface area contributed by atoms with Crippen molar-refractivity contribution in [1.82, 2.24) is 5.32 Å². The number of benzene rings is 1. The van der Waals surface area contributed by atoms with Crippen LogP contribution in [0.3, 0.4) is 0 Å². The molecular formula is C12H16BrClN2. The maximum absolute atomic E-state index is 6.28. The number of nitrogens with one attached hydrogen (secondary N) is 1. The molecule has 1 aliphatic heterocycles. The van der Waals surface area contributed by atoms with E-state index in [9.17, 15) is 0 Å². The quantitative estimate of drug-likeness (QED) is 0.856. The number of anilines is 1. The van der Waals surface area contributed by atoms with E-state index in [4.69, 9.17) is 11.6 Å². The molecule has 1 heterocycles. The molecule has 2 unspecified atom stereocenters. The minimum Gasteiger partial charge on any atom is -0.365 e. The fourth-order valence-electron chi connectivity index (χ4n) is 2.07. The second-order valence-corrected chi connectivity index (χ2v) is 5.73. The summed E-state index contributed by atoms with van der Waals surface area (Å²) in [7, 11) is 0. The summed E-state index contributed by atoms with van der Waals surface area (Å²) in [5.74, 6) is 0. The van der Waals surface area contributed by atoms with Crippen LogP contribution in [0.4, 0.5) is 5.69 Å². The summed E-state index contributed by atoms with van der Waals surface area (Å²) < 4.78 is 1.03. The molecular weight excluding hydrogens is 288 g/mol. The maximum Gasteiger partial charge on any atom is 0.0650 e. The van der Waals surface area contributed by atoms with Gasteiger partial charge in [0.15, 0.2) is 0 Å². The van der Waals surface area contributed by atoms with Crippen LogP contribution in [-0.2, 0) is 0 Å². The number of rotatable bonds is 1. The van der Waals surface area contributed by atoms with Crippen molar-refractivity contribution in [3.63, 3.8) is 0 Å². The van der Waals surface area contributed by atoms with Gasteiger partial charge in [0.25, 0.3) is 0 Å². The van der Waals surface area contributed by atoms with Crippen LogP contribution in [-0.4, -0.2) is 25.2 Å². The Kier molecular flexibility index (Phi) is 3.77. The Morgan fingerprint density at radius 2 is 2.19 bits per heavy atom. The lowest BCUT2D eigenvalue weighted by Gasteiger charge is -2.39. The molecule has 16 heavy (non-hydrogen) atoms. The SMILES string of the molecule is CC1CN(c2ccc(Br)cc2Cl)C(C)CN1. The molecule has 1 aromatic rings. The smallest absolute Gasteiger partial charge is 0.0650 e. The summed E-state index contributed by atoms with van der Waals surface area (Å²) in [6, 6.07) is 7.07. The zero-order valence-electron chi connectivity index (χ0n) is 9.50. The molecule has 1 fully saturated rings. The van der Waals surface area contributed by atoms with E-state index in [1.165, 1.54) is 0 Å². The Bertz CT molecular complexity index is 383. The van der Waals surface area contributed by atoms with Crippen LogP contribution in [0.2, 0.25) is 5.02 Å². The van der Waals surface area contributed by atoms with E-state index in [2.05, 4.69) is 46.1 Å². The second kappa shape index (κ2) is 4.94. The van der Waals surface area contributed by atoms with Gasteiger partial charge in [-0.3, -0.25) is 0 Å². The lowest BCUT2D eigenvalue weighted by atomic mass is 10.1. The van der Waals surface area contributed by atoms with Gasteiger partial charge in [0, 0.05) is 29.6 Å². The zero-order valence-corrected chi connectivity index (χ0v) is 11.8. The van der Waals surface area contributed by atoms with E-state index in [-0.39, 0.29) is 0 Å². The fraction of sp³-hybridized carbons (Fsp3) is 0.500. The maximum atomic E-state index is 6.28. The molecule has 2 nitrogen and oxygen atoms in total. The van der Waals surface area contributed by atoms with E-state index >= 15 is 0 Å². The normalized spacial score (nSPS) is 25.9. The van der Waals surface area contributed by atoms with Crippen molar-refractivity contribution in [2.45, 2.75) is 25.9 Å². The van der Waals surface area contributed by atoms with Crippen LogP contribution in [0.25, 0.3) is 0 Å². The zero-order chi connectivity index (χ0) is 11.7. The van der Waals surface area contributed by atoms with Gasteiger partial charge in [0.2, 0.25) is 0 Å². The van der Waals surface area contributed by atoms with E-state index < -0.39 is 0 Å². The third kappa shape index (κ3) is 2.53. The summed E-state index contributed by atoms with van der Waals surface area (Å²) in [5.41, 5.74) is 1.13. The molecule has 1 saturated heterocycles. The van der Waals surface area contributed by atoms with Gasteiger partial charge < -0.3 is 10.2 Å². The molecule has 0 aliphatic carbocycles. The highest BCUT2D eigenvalue weighted by Crippen LogP contribution is 2.31. The van der Waals surface area contributed by atoms with Crippen LogP contribution < -0.4 is 10.2 Å². The minimum absolute atomic E-state index is 0.481. The van der Waals surface area contributed by atoms with E-state index in [0.717, 1.165) is 28.3 Å². The molecule has 2 atom stereocenters. The van der Waals surface area contributed by atoms with Crippen molar-refractivity contribution >= 4 is 33.2 Å². The van der Waals surface area contributed by atoms with E-state index in [1.807, 2.05) is 12.1 Å². The Morgan fingerprint density at radius 1 is 1.44 bits per heavy atom. The lowest BCUT2D eigenvalue weighted by molar-refractivity contribution is 0.425. The van der Waals surface area contributed by atoms with Gasteiger partial charge in [-0.1, -0.05) is 27.5 Å². The molecule has 88 valence electrons. The Balaban J connectivity index is 2.28. The molecule has 1 aromatic carbocycles. The van der Waals surface area contributed by atoms with Crippen molar-refractivity contribution in [2.24, 2.45) is 0 Å². The topological polar surface area (TPSA) is 15.3 Å². The second-order valence-electron chi connectivity index (χ2n) is 4.41. The first-order valence-corrected chi connectivity index (χ1v) is 6.70. The molecule has 0 spiro atoms. The first-order valence-electron chi connectivity index (χ1n) is 5.53. The molecule has 0 radical (unpaired) electrons. The van der Waals surface area contributed by atoms with Gasteiger partial charge in [-0.2, -0.15) is 0 Å². The van der Waals surface area contributed by atoms with Gasteiger partial charge in [-0.15, -0.1) is 0 Å². The molecule has 1 N–H and O–H groups in total. The number of piperazine rings is 1. The first kappa shape index (κ1) is 12.2. The standard InChI is InChI=1S/C12H16BrClN2/c1-8-7-16(9(2)6-15-8)12-4-3-10(13)5-11(12)14/h3-5,8-9,15H,6-7H2,1-2H3. The highest BCUT2D eigenvalue weighted by atomic mass is 79.9. The average molecular weight is 304 g/mol. The van der Waals surface area contributed by atoms with Crippen molar-refractivity contribution < 1.29 is 0 Å². The fourth-order valence-corrected chi connectivity index (χ4v) is 2.85. The van der Waals surface area contributed by atoms with Gasteiger partial charge in [0.05, 0.1) is 10.7 Å². The molecule has 4 heteroatoms. The van der Waals surface area contributed by atoms with Crippen LogP contribution in [0.15, 0.2) is 22.7 Å². The summed E-state index contributed by atoms with van der Waals surface area (Å²) in [6.07, 6.45) is 0. The molecule has 0 saturated carbocycles. The Morgan fingerprint density at radius 3 is 2.88 bits per heavy atom. The van der Waals surface area contributed by atoms with Crippen LogP contribution >= 0.6 is 27.5 Å². The van der Waals surface area contributed by atoms with Crippen LogP contribution in [0.1, 0.15) is 13.8 Å². The average Bonchev–Trinajstić information content (AvgIpc) is 2.22. The van der Waals surface area contributed by atoms with Crippen LogP contribution in [0.5, 0.6) is 0 Å². The van der Waals surface area contributed by atoms with Gasteiger partial charge in [-0.05, 0) is 32.0 Å². The monoisotopic (exact) mass is 302 g/mol. The Hall–Kier alpha value is -0.250. The van der Waals surface area contributed by atoms with Gasteiger partial charge >= 0.3 is 0 Å². The van der Waals surface area contributed by atoms with Crippen molar-refractivity contribution in [1.29, 1.82) is 0 Å². The predicted molar refractivity (Wildman–Crippen MR) is 73.4 cm³/mol. The Labute approximate surface area is 110 Å². The minimum atomic E-state index is 0.481. The number of hydrogen-bond donors (Lipinski definition) is 1. The first-order chi connectivity index (χ1) is 7.58. The van der Waals surface area contributed by atoms with Crippen molar-refractivity contribution in [2.75, 3.05) is 18.0 Å². The summed E-state index contributed by atoms with van der Waals surface area (Å²) >= 11 is 9.72. The molecule has 2 rings (SSSR count). The van der Waals surface area contributed by atoms with Crippen LogP contribution in [0, 0.1) is 0 Å². The van der Waals surface area contributed by atoms with E-state index in [1.54, 1.807) is 0 Å². The highest BCUT2D eigenvalue weighted by Gasteiger charge is 2.23. The van der Waals surface area contributed by atoms with Gasteiger partial charge in [0.1, 0.15) is 0 Å².